The number of aromatic nitrogens is 1. The summed E-state index contributed by atoms with van der Waals surface area (Å²) in [6.07, 6.45) is 7.51. The molecule has 2 aliphatic rings. The highest BCUT2D eigenvalue weighted by Gasteiger charge is 2.26. The van der Waals surface area contributed by atoms with Crippen molar-refractivity contribution < 1.29 is 23.8 Å². The second-order valence-corrected chi connectivity index (χ2v) is 7.30. The predicted octanol–water partition coefficient (Wildman–Crippen LogP) is 4.66. The Balaban J connectivity index is 1.46. The van der Waals surface area contributed by atoms with Crippen LogP contribution in [0.2, 0.25) is 0 Å². The Morgan fingerprint density at radius 2 is 2.21 bits per heavy atom. The Labute approximate surface area is 168 Å². The Hall–Kier alpha value is -2.93. The van der Waals surface area contributed by atoms with Gasteiger partial charge in [0.2, 0.25) is 0 Å². The summed E-state index contributed by atoms with van der Waals surface area (Å²) < 4.78 is 25.3. The number of halogens is 1. The summed E-state index contributed by atoms with van der Waals surface area (Å²) in [5.74, 6) is -0.596. The van der Waals surface area contributed by atoms with E-state index in [0.717, 1.165) is 37.9 Å². The topological polar surface area (TPSA) is 80.7 Å². The van der Waals surface area contributed by atoms with Gasteiger partial charge in [0, 0.05) is 18.7 Å². The van der Waals surface area contributed by atoms with Gasteiger partial charge in [-0.25, -0.2) is 14.2 Å². The Morgan fingerprint density at radius 1 is 1.34 bits per heavy atom. The van der Waals surface area contributed by atoms with E-state index in [0.29, 0.717) is 24.9 Å². The summed E-state index contributed by atoms with van der Waals surface area (Å²) >= 11 is 0. The molecule has 2 aromatic rings. The van der Waals surface area contributed by atoms with Gasteiger partial charge in [0.05, 0.1) is 25.5 Å². The molecule has 2 N–H and O–H groups in total. The van der Waals surface area contributed by atoms with Crippen molar-refractivity contribution in [2.75, 3.05) is 25.1 Å². The van der Waals surface area contributed by atoms with Crippen LogP contribution in [0.3, 0.4) is 0 Å². The number of aromatic carboxylic acids is 1. The van der Waals surface area contributed by atoms with Crippen molar-refractivity contribution in [1.29, 1.82) is 0 Å². The number of carboxylic acid groups (broad SMARTS) is 1. The SMILES string of the molecule is O=C(O)c1cc(C2CC2)cnc1Nc1cc(OCCC2=CCOCC2)ccc1F. The van der Waals surface area contributed by atoms with Gasteiger partial charge in [0.1, 0.15) is 22.9 Å². The zero-order valence-electron chi connectivity index (χ0n) is 16.0. The first kappa shape index (κ1) is 19.4. The average molecular weight is 398 g/mol. The summed E-state index contributed by atoms with van der Waals surface area (Å²) in [5.41, 5.74) is 2.37. The molecule has 4 rings (SSSR count). The molecule has 1 aliphatic heterocycles. The van der Waals surface area contributed by atoms with Crippen LogP contribution in [0.25, 0.3) is 0 Å². The summed E-state index contributed by atoms with van der Waals surface area (Å²) in [7, 11) is 0. The zero-order chi connectivity index (χ0) is 20.2. The van der Waals surface area contributed by atoms with Gasteiger partial charge < -0.3 is 19.9 Å². The van der Waals surface area contributed by atoms with Crippen molar-refractivity contribution in [2.24, 2.45) is 0 Å². The summed E-state index contributed by atoms with van der Waals surface area (Å²) in [6, 6.07) is 6.00. The van der Waals surface area contributed by atoms with E-state index in [2.05, 4.69) is 16.4 Å². The standard InChI is InChI=1S/C22H23FN2O4/c23-19-4-3-17(29-10-7-14-5-8-28-9-6-14)12-20(19)25-21-18(22(26)27)11-16(13-24-21)15-1-2-15/h3-5,11-13,15H,1-2,6-10H2,(H,24,25)(H,26,27). The lowest BCUT2D eigenvalue weighted by Gasteiger charge is -2.15. The van der Waals surface area contributed by atoms with Gasteiger partial charge in [-0.3, -0.25) is 0 Å². The van der Waals surface area contributed by atoms with Crippen LogP contribution in [0, 0.1) is 5.82 Å². The van der Waals surface area contributed by atoms with Crippen LogP contribution in [-0.4, -0.2) is 35.9 Å². The molecule has 0 bridgehead atoms. The van der Waals surface area contributed by atoms with Crippen molar-refractivity contribution >= 4 is 17.5 Å². The number of rotatable bonds is 8. The molecule has 2 heterocycles. The highest BCUT2D eigenvalue weighted by atomic mass is 19.1. The second-order valence-electron chi connectivity index (χ2n) is 7.30. The fourth-order valence-corrected chi connectivity index (χ4v) is 3.29. The third-order valence-electron chi connectivity index (χ3n) is 5.13. The van der Waals surface area contributed by atoms with Gasteiger partial charge in [-0.1, -0.05) is 11.6 Å². The maximum Gasteiger partial charge on any atom is 0.339 e. The van der Waals surface area contributed by atoms with Crippen molar-refractivity contribution in [2.45, 2.75) is 31.6 Å². The Bertz CT molecular complexity index is 940. The van der Waals surface area contributed by atoms with Crippen molar-refractivity contribution in [3.05, 3.63) is 59.1 Å². The van der Waals surface area contributed by atoms with Gasteiger partial charge in [-0.05, 0) is 48.9 Å². The maximum absolute atomic E-state index is 14.3. The monoisotopic (exact) mass is 398 g/mol. The zero-order valence-corrected chi connectivity index (χ0v) is 16.0. The van der Waals surface area contributed by atoms with Crippen LogP contribution in [0.4, 0.5) is 15.9 Å². The number of carbonyl (C=O) groups is 1. The molecule has 1 fully saturated rings. The van der Waals surface area contributed by atoms with Gasteiger partial charge in [-0.15, -0.1) is 0 Å². The lowest BCUT2D eigenvalue weighted by molar-refractivity contribution is 0.0697. The van der Waals surface area contributed by atoms with Crippen molar-refractivity contribution in [3.63, 3.8) is 0 Å². The van der Waals surface area contributed by atoms with E-state index in [1.807, 2.05) is 0 Å². The van der Waals surface area contributed by atoms with E-state index in [4.69, 9.17) is 9.47 Å². The lowest BCUT2D eigenvalue weighted by Crippen LogP contribution is -2.08. The first-order valence-corrected chi connectivity index (χ1v) is 9.78. The molecule has 152 valence electrons. The quantitative estimate of drug-likeness (QED) is 0.630. The van der Waals surface area contributed by atoms with E-state index in [-0.39, 0.29) is 17.1 Å². The van der Waals surface area contributed by atoms with Crippen molar-refractivity contribution in [3.8, 4) is 5.75 Å². The largest absolute Gasteiger partial charge is 0.493 e. The molecule has 1 aliphatic carbocycles. The van der Waals surface area contributed by atoms with E-state index >= 15 is 0 Å². The molecule has 1 saturated carbocycles. The minimum atomic E-state index is -1.10. The lowest BCUT2D eigenvalue weighted by atomic mass is 10.1. The predicted molar refractivity (Wildman–Crippen MR) is 106 cm³/mol. The molecule has 0 amide bonds. The number of nitrogens with zero attached hydrogens (tertiary/aromatic N) is 1. The van der Waals surface area contributed by atoms with Crippen LogP contribution in [0.1, 0.15) is 47.5 Å². The highest BCUT2D eigenvalue weighted by Crippen LogP contribution is 2.40. The van der Waals surface area contributed by atoms with Crippen LogP contribution in [0.5, 0.6) is 5.75 Å². The summed E-state index contributed by atoms with van der Waals surface area (Å²) in [6.45, 7) is 1.85. The average Bonchev–Trinajstić information content (AvgIpc) is 3.57. The van der Waals surface area contributed by atoms with Gasteiger partial charge in [0.15, 0.2) is 0 Å². The molecular weight excluding hydrogens is 375 g/mol. The number of anilines is 2. The number of nitrogens with one attached hydrogen (secondary N) is 1. The highest BCUT2D eigenvalue weighted by molar-refractivity contribution is 5.94. The van der Waals surface area contributed by atoms with Crippen molar-refractivity contribution in [1.82, 2.24) is 4.98 Å². The smallest absolute Gasteiger partial charge is 0.339 e. The molecule has 6 nitrogen and oxygen atoms in total. The molecule has 1 aromatic carbocycles. The number of benzene rings is 1. The first-order chi connectivity index (χ1) is 14.1. The van der Waals surface area contributed by atoms with Crippen LogP contribution < -0.4 is 10.1 Å². The third kappa shape index (κ3) is 4.92. The summed E-state index contributed by atoms with van der Waals surface area (Å²) in [5, 5.41) is 12.3. The van der Waals surface area contributed by atoms with Gasteiger partial charge >= 0.3 is 5.97 Å². The number of pyridine rings is 1. The minimum Gasteiger partial charge on any atom is -0.493 e. The molecule has 7 heteroatoms. The number of carboxylic acids is 1. The van der Waals surface area contributed by atoms with E-state index in [1.165, 1.54) is 17.7 Å². The second kappa shape index (κ2) is 8.61. The number of hydrogen-bond donors (Lipinski definition) is 2. The summed E-state index contributed by atoms with van der Waals surface area (Å²) in [4.78, 5) is 15.9. The maximum atomic E-state index is 14.3. The third-order valence-corrected chi connectivity index (χ3v) is 5.13. The minimum absolute atomic E-state index is 0.0339. The van der Waals surface area contributed by atoms with Gasteiger partial charge in [-0.2, -0.15) is 0 Å². The van der Waals surface area contributed by atoms with Crippen LogP contribution in [-0.2, 0) is 4.74 Å². The molecule has 0 unspecified atom stereocenters. The number of hydrogen-bond acceptors (Lipinski definition) is 5. The fourth-order valence-electron chi connectivity index (χ4n) is 3.29. The van der Waals surface area contributed by atoms with Crippen LogP contribution >= 0.6 is 0 Å². The fraction of sp³-hybridized carbons (Fsp3) is 0.364. The Kier molecular flexibility index (Phi) is 5.76. The van der Waals surface area contributed by atoms with E-state index in [1.54, 1.807) is 18.3 Å². The Morgan fingerprint density at radius 3 is 2.93 bits per heavy atom. The van der Waals surface area contributed by atoms with Crippen LogP contribution in [0.15, 0.2) is 42.1 Å². The normalized spacial score (nSPS) is 16.2. The first-order valence-electron chi connectivity index (χ1n) is 9.78. The van der Waals surface area contributed by atoms with E-state index < -0.39 is 11.8 Å². The molecule has 29 heavy (non-hydrogen) atoms. The number of ether oxygens (including phenoxy) is 2. The molecule has 0 spiro atoms. The molecule has 1 aromatic heterocycles. The molecule has 0 radical (unpaired) electrons. The molecule has 0 atom stereocenters. The molecular formula is C22H23FN2O4. The van der Waals surface area contributed by atoms with Gasteiger partial charge in [0.25, 0.3) is 0 Å². The van der Waals surface area contributed by atoms with E-state index in [9.17, 15) is 14.3 Å². The molecule has 0 saturated heterocycles.